The molecule has 1 N–H and O–H groups in total. The van der Waals surface area contributed by atoms with Crippen LogP contribution in [-0.4, -0.2) is 42.5 Å². The number of thiazole rings is 1. The van der Waals surface area contributed by atoms with Gasteiger partial charge in [0.1, 0.15) is 16.0 Å². The molecule has 26 heavy (non-hydrogen) atoms. The first kappa shape index (κ1) is 19.0. The molecule has 2 aromatic rings. The molecule has 0 saturated carbocycles. The molecule has 1 saturated heterocycles. The summed E-state index contributed by atoms with van der Waals surface area (Å²) < 4.78 is 5.36. The molecule has 1 aromatic carbocycles. The number of hydrogen-bond donors (Lipinski definition) is 1. The molecule has 0 bridgehead atoms. The topological polar surface area (TPSA) is 54.5 Å². The van der Waals surface area contributed by atoms with Crippen LogP contribution < -0.4 is 5.32 Å². The van der Waals surface area contributed by atoms with Crippen LogP contribution in [0.4, 0.5) is 0 Å². The second-order valence-corrected chi connectivity index (χ2v) is 7.69. The first-order chi connectivity index (χ1) is 12.5. The van der Waals surface area contributed by atoms with Gasteiger partial charge in [0.2, 0.25) is 0 Å². The molecule has 0 aliphatic carbocycles. The third-order valence-electron chi connectivity index (χ3n) is 4.99. The molecule has 0 spiro atoms. The van der Waals surface area contributed by atoms with E-state index in [4.69, 9.17) is 4.74 Å². The van der Waals surface area contributed by atoms with Crippen LogP contribution in [0.2, 0.25) is 0 Å². The Bertz CT molecular complexity index is 757. The predicted octanol–water partition coefficient (Wildman–Crippen LogP) is 3.51. The lowest BCUT2D eigenvalue weighted by atomic mass is 10.0. The number of rotatable bonds is 5. The highest BCUT2D eigenvalue weighted by molar-refractivity contribution is 7.13. The first-order valence-corrected chi connectivity index (χ1v) is 9.97. The van der Waals surface area contributed by atoms with Crippen molar-refractivity contribution in [2.75, 3.05) is 26.7 Å². The molecule has 1 fully saturated rings. The Labute approximate surface area is 159 Å². The van der Waals surface area contributed by atoms with Gasteiger partial charge >= 0.3 is 0 Å². The molecule has 3 rings (SSSR count). The minimum Gasteiger partial charge on any atom is -0.375 e. The predicted molar refractivity (Wildman–Crippen MR) is 105 cm³/mol. The molecule has 1 amide bonds. The molecule has 1 aliphatic heterocycles. The lowest BCUT2D eigenvalue weighted by Crippen LogP contribution is -2.48. The zero-order chi connectivity index (χ0) is 18.7. The van der Waals surface area contributed by atoms with Gasteiger partial charge in [-0.05, 0) is 31.4 Å². The summed E-state index contributed by atoms with van der Waals surface area (Å²) in [6, 6.07) is 8.65. The van der Waals surface area contributed by atoms with Crippen LogP contribution in [0.15, 0.2) is 24.3 Å². The van der Waals surface area contributed by atoms with Gasteiger partial charge in [-0.3, -0.25) is 4.79 Å². The number of benzene rings is 1. The molecule has 140 valence electrons. The fraction of sp³-hybridized carbons (Fsp3) is 0.500. The SMILES string of the molecule is CCc1ccc(C2CNCCN2C(=O)c2sc(C(C)OC)nc2C)cc1. The Morgan fingerprint density at radius 1 is 1.42 bits per heavy atom. The van der Waals surface area contributed by atoms with Gasteiger partial charge in [-0.1, -0.05) is 31.2 Å². The molecular formula is C20H27N3O2S. The van der Waals surface area contributed by atoms with Gasteiger partial charge in [-0.2, -0.15) is 0 Å². The fourth-order valence-corrected chi connectivity index (χ4v) is 4.29. The highest BCUT2D eigenvalue weighted by atomic mass is 32.1. The van der Waals surface area contributed by atoms with Gasteiger partial charge in [0.25, 0.3) is 5.91 Å². The number of aromatic nitrogens is 1. The number of nitrogens with one attached hydrogen (secondary N) is 1. The van der Waals surface area contributed by atoms with Crippen molar-refractivity contribution in [3.63, 3.8) is 0 Å². The van der Waals surface area contributed by atoms with Gasteiger partial charge in [0.15, 0.2) is 0 Å². The third-order valence-corrected chi connectivity index (χ3v) is 6.29. The van der Waals surface area contributed by atoms with Crippen molar-refractivity contribution < 1.29 is 9.53 Å². The Balaban J connectivity index is 1.87. The van der Waals surface area contributed by atoms with E-state index in [1.54, 1.807) is 7.11 Å². The summed E-state index contributed by atoms with van der Waals surface area (Å²) in [5, 5.41) is 4.27. The average molecular weight is 374 g/mol. The summed E-state index contributed by atoms with van der Waals surface area (Å²) in [4.78, 5) is 20.5. The van der Waals surface area contributed by atoms with E-state index in [0.29, 0.717) is 6.54 Å². The normalized spacial score (nSPS) is 18.8. The number of ether oxygens (including phenoxy) is 1. The van der Waals surface area contributed by atoms with E-state index in [1.165, 1.54) is 22.5 Å². The van der Waals surface area contributed by atoms with E-state index in [1.807, 2.05) is 18.7 Å². The Hall–Kier alpha value is -1.76. The molecule has 0 radical (unpaired) electrons. The molecule has 5 nitrogen and oxygen atoms in total. The molecule has 2 unspecified atom stereocenters. The first-order valence-electron chi connectivity index (χ1n) is 9.15. The Morgan fingerprint density at radius 2 is 2.15 bits per heavy atom. The van der Waals surface area contributed by atoms with Gasteiger partial charge in [-0.15, -0.1) is 11.3 Å². The van der Waals surface area contributed by atoms with Crippen LogP contribution in [0, 0.1) is 6.92 Å². The van der Waals surface area contributed by atoms with Crippen molar-refractivity contribution in [3.05, 3.63) is 51.0 Å². The van der Waals surface area contributed by atoms with Crippen LogP contribution in [0.1, 0.15) is 57.5 Å². The minimum atomic E-state index is -0.0966. The van der Waals surface area contributed by atoms with Gasteiger partial charge < -0.3 is 15.0 Å². The Kier molecular flexibility index (Phi) is 6.06. The number of methoxy groups -OCH3 is 1. The van der Waals surface area contributed by atoms with Crippen molar-refractivity contribution in [1.82, 2.24) is 15.2 Å². The smallest absolute Gasteiger partial charge is 0.266 e. The number of carbonyl (C=O) groups is 1. The van der Waals surface area contributed by atoms with Crippen LogP contribution in [0.25, 0.3) is 0 Å². The molecular weight excluding hydrogens is 346 g/mol. The largest absolute Gasteiger partial charge is 0.375 e. The highest BCUT2D eigenvalue weighted by Crippen LogP contribution is 2.30. The number of nitrogens with zero attached hydrogens (tertiary/aromatic N) is 2. The fourth-order valence-electron chi connectivity index (χ4n) is 3.24. The van der Waals surface area contributed by atoms with E-state index in [0.717, 1.165) is 35.1 Å². The summed E-state index contributed by atoms with van der Waals surface area (Å²) in [7, 11) is 1.66. The van der Waals surface area contributed by atoms with E-state index in [-0.39, 0.29) is 18.1 Å². The molecule has 6 heteroatoms. The van der Waals surface area contributed by atoms with Gasteiger partial charge in [0.05, 0.1) is 11.7 Å². The van der Waals surface area contributed by atoms with E-state index < -0.39 is 0 Å². The summed E-state index contributed by atoms with van der Waals surface area (Å²) in [5.74, 6) is 0.0700. The second kappa shape index (κ2) is 8.29. The highest BCUT2D eigenvalue weighted by Gasteiger charge is 2.31. The minimum absolute atomic E-state index is 0.0481. The maximum absolute atomic E-state index is 13.3. The number of carbonyl (C=O) groups excluding carboxylic acids is 1. The zero-order valence-electron chi connectivity index (χ0n) is 15.9. The summed E-state index contributed by atoms with van der Waals surface area (Å²) in [6.45, 7) is 8.30. The van der Waals surface area contributed by atoms with Gasteiger partial charge in [-0.25, -0.2) is 4.98 Å². The summed E-state index contributed by atoms with van der Waals surface area (Å²) in [5.41, 5.74) is 3.28. The second-order valence-electron chi connectivity index (χ2n) is 6.66. The summed E-state index contributed by atoms with van der Waals surface area (Å²) >= 11 is 1.45. The van der Waals surface area contributed by atoms with Crippen molar-refractivity contribution in [2.24, 2.45) is 0 Å². The monoisotopic (exact) mass is 373 g/mol. The molecule has 2 heterocycles. The number of aryl methyl sites for hydroxylation is 2. The molecule has 2 atom stereocenters. The maximum Gasteiger partial charge on any atom is 0.266 e. The standard InChI is InChI=1S/C20H27N3O2S/c1-5-15-6-8-16(9-7-15)17-12-21-10-11-23(17)20(24)18-13(2)22-19(26-18)14(3)25-4/h6-9,14,17,21H,5,10-12H2,1-4H3. The molecule has 1 aromatic heterocycles. The van der Waals surface area contributed by atoms with Crippen molar-refractivity contribution in [3.8, 4) is 0 Å². The van der Waals surface area contributed by atoms with Crippen molar-refractivity contribution in [1.29, 1.82) is 0 Å². The lowest BCUT2D eigenvalue weighted by Gasteiger charge is -2.36. The van der Waals surface area contributed by atoms with Crippen molar-refractivity contribution >= 4 is 17.2 Å². The maximum atomic E-state index is 13.3. The van der Waals surface area contributed by atoms with Crippen LogP contribution in [0.3, 0.4) is 0 Å². The number of hydrogen-bond acceptors (Lipinski definition) is 5. The number of amides is 1. The number of piperazine rings is 1. The van der Waals surface area contributed by atoms with E-state index >= 15 is 0 Å². The van der Waals surface area contributed by atoms with Crippen LogP contribution in [0.5, 0.6) is 0 Å². The van der Waals surface area contributed by atoms with Crippen LogP contribution in [-0.2, 0) is 11.2 Å². The third kappa shape index (κ3) is 3.82. The quantitative estimate of drug-likeness (QED) is 0.871. The summed E-state index contributed by atoms with van der Waals surface area (Å²) in [6.07, 6.45) is 0.924. The van der Waals surface area contributed by atoms with Gasteiger partial charge in [0, 0.05) is 26.7 Å². The average Bonchev–Trinajstić information content (AvgIpc) is 3.08. The van der Waals surface area contributed by atoms with Crippen LogP contribution >= 0.6 is 11.3 Å². The Morgan fingerprint density at radius 3 is 2.81 bits per heavy atom. The van der Waals surface area contributed by atoms with E-state index in [9.17, 15) is 4.79 Å². The van der Waals surface area contributed by atoms with Crippen molar-refractivity contribution in [2.45, 2.75) is 39.3 Å². The zero-order valence-corrected chi connectivity index (χ0v) is 16.7. The lowest BCUT2D eigenvalue weighted by molar-refractivity contribution is 0.0638. The molecule has 1 aliphatic rings. The van der Waals surface area contributed by atoms with E-state index in [2.05, 4.69) is 41.5 Å².